The van der Waals surface area contributed by atoms with Crippen LogP contribution in [0.1, 0.15) is 6.92 Å². The summed E-state index contributed by atoms with van der Waals surface area (Å²) < 4.78 is 0. The van der Waals surface area contributed by atoms with E-state index >= 15 is 0 Å². The van der Waals surface area contributed by atoms with Crippen molar-refractivity contribution < 1.29 is 9.90 Å². The first-order valence-corrected chi connectivity index (χ1v) is 5.14. The van der Waals surface area contributed by atoms with E-state index in [9.17, 15) is 0 Å². The molecule has 0 saturated carbocycles. The molecule has 132 valence electrons. The summed E-state index contributed by atoms with van der Waals surface area (Å²) in [7, 11) is 0. The molecule has 0 aliphatic carbocycles. The standard InChI is InChI=1S/3C2H8N4.C2H4O2/c3*3-1(4)2(5)6;1-2(3)4/h3*3-6H2;1H3,(H,3,4). The Kier molecular flexibility index (Phi) is 18.7. The zero-order valence-electron chi connectivity index (χ0n) is 12.3. The number of carbonyl (C=O) groups is 1. The van der Waals surface area contributed by atoms with Crippen LogP contribution in [0.15, 0.2) is 34.9 Å². The molecule has 25 N–H and O–H groups in total. The molecule has 0 rings (SSSR count). The largest absolute Gasteiger partial charge is 0.481 e. The molecule has 0 radical (unpaired) electrons. The summed E-state index contributed by atoms with van der Waals surface area (Å²) in [6.07, 6.45) is 0. The average Bonchev–Trinajstić information content (AvgIpc) is 2.29. The van der Waals surface area contributed by atoms with Gasteiger partial charge in [-0.2, -0.15) is 0 Å². The van der Waals surface area contributed by atoms with Gasteiger partial charge in [0.05, 0.1) is 0 Å². The van der Waals surface area contributed by atoms with E-state index in [1.807, 2.05) is 0 Å². The van der Waals surface area contributed by atoms with Crippen molar-refractivity contribution in [1.29, 1.82) is 0 Å². The minimum absolute atomic E-state index is 0.0185. The van der Waals surface area contributed by atoms with Crippen LogP contribution in [0.5, 0.6) is 0 Å². The molecule has 0 aromatic rings. The SMILES string of the molecule is CC(=O)O.NC(N)=C(N)N.NC(N)=C(N)N.NC(N)=C(N)N. The van der Waals surface area contributed by atoms with Crippen molar-refractivity contribution in [3.8, 4) is 0 Å². The van der Waals surface area contributed by atoms with Gasteiger partial charge in [-0.1, -0.05) is 0 Å². The Labute approximate surface area is 127 Å². The Hall–Kier alpha value is -3.71. The third-order valence-electron chi connectivity index (χ3n) is 1.00. The van der Waals surface area contributed by atoms with Crippen LogP contribution in [0.2, 0.25) is 0 Å². The van der Waals surface area contributed by atoms with Crippen molar-refractivity contribution in [3.05, 3.63) is 34.9 Å². The lowest BCUT2D eigenvalue weighted by Gasteiger charge is -1.89. The van der Waals surface area contributed by atoms with E-state index in [2.05, 4.69) is 0 Å². The zero-order chi connectivity index (χ0) is 19.0. The fourth-order valence-electron chi connectivity index (χ4n) is 0. The summed E-state index contributed by atoms with van der Waals surface area (Å²) in [4.78, 5) is 9.00. The summed E-state index contributed by atoms with van der Waals surface area (Å²) in [5.74, 6) is -0.944. The first-order chi connectivity index (χ1) is 9.66. The molecule has 0 aromatic heterocycles. The Balaban J connectivity index is -0.0000000994. The van der Waals surface area contributed by atoms with Crippen LogP contribution in [0.3, 0.4) is 0 Å². The van der Waals surface area contributed by atoms with E-state index in [4.69, 9.17) is 78.7 Å². The first-order valence-electron chi connectivity index (χ1n) is 5.14. The molecule has 0 saturated heterocycles. The molecular formula is C8H28N12O2. The molecule has 0 amide bonds. The minimum atomic E-state index is -0.833. The maximum absolute atomic E-state index is 9.00. The number of aliphatic carboxylic acids is 1. The van der Waals surface area contributed by atoms with Gasteiger partial charge in [-0.25, -0.2) is 0 Å². The molecule has 14 heteroatoms. The molecule has 22 heavy (non-hydrogen) atoms. The highest BCUT2D eigenvalue weighted by Crippen LogP contribution is 1.63. The molecule has 0 aliphatic rings. The summed E-state index contributed by atoms with van der Waals surface area (Å²) in [5.41, 5.74) is 58.1. The summed E-state index contributed by atoms with van der Waals surface area (Å²) in [6, 6.07) is 0. The minimum Gasteiger partial charge on any atom is -0.481 e. The highest BCUT2D eigenvalue weighted by atomic mass is 16.4. The molecule has 0 bridgehead atoms. The second kappa shape index (κ2) is 15.3. The van der Waals surface area contributed by atoms with Gasteiger partial charge in [0.2, 0.25) is 0 Å². The van der Waals surface area contributed by atoms with Crippen LogP contribution in [0, 0.1) is 0 Å². The van der Waals surface area contributed by atoms with Gasteiger partial charge >= 0.3 is 0 Å². The normalized spacial score (nSPS) is 7.14. The fourth-order valence-corrected chi connectivity index (χ4v) is 0. The topological polar surface area (TPSA) is 350 Å². The van der Waals surface area contributed by atoms with E-state index in [0.29, 0.717) is 0 Å². The molecule has 0 spiro atoms. The Bertz CT molecular complexity index is 303. The lowest BCUT2D eigenvalue weighted by Crippen LogP contribution is -2.22. The third kappa shape index (κ3) is 55.4. The van der Waals surface area contributed by atoms with E-state index in [1.165, 1.54) is 0 Å². The van der Waals surface area contributed by atoms with Crippen molar-refractivity contribution in [1.82, 2.24) is 0 Å². The van der Waals surface area contributed by atoms with Crippen LogP contribution >= 0.6 is 0 Å². The lowest BCUT2D eigenvalue weighted by molar-refractivity contribution is -0.134. The van der Waals surface area contributed by atoms with Crippen molar-refractivity contribution >= 4 is 5.97 Å². The summed E-state index contributed by atoms with van der Waals surface area (Å²) >= 11 is 0. The van der Waals surface area contributed by atoms with Crippen LogP contribution in [0.25, 0.3) is 0 Å². The first kappa shape index (κ1) is 26.8. The Morgan fingerprint density at radius 1 is 0.500 bits per heavy atom. The van der Waals surface area contributed by atoms with Crippen molar-refractivity contribution in [2.45, 2.75) is 6.92 Å². The molecule has 14 nitrogen and oxygen atoms in total. The van der Waals surface area contributed by atoms with Gasteiger partial charge in [-0.15, -0.1) is 0 Å². The highest BCUT2D eigenvalue weighted by Gasteiger charge is 1.78. The number of carboxylic acids is 1. The van der Waals surface area contributed by atoms with Gasteiger partial charge in [-0.05, 0) is 0 Å². The highest BCUT2D eigenvalue weighted by molar-refractivity contribution is 5.62. The third-order valence-corrected chi connectivity index (χ3v) is 1.00. The number of rotatable bonds is 0. The van der Waals surface area contributed by atoms with Gasteiger partial charge in [0.25, 0.3) is 5.97 Å². The van der Waals surface area contributed by atoms with E-state index in [-0.39, 0.29) is 34.9 Å². The van der Waals surface area contributed by atoms with Crippen LogP contribution in [-0.4, -0.2) is 11.1 Å². The zero-order valence-corrected chi connectivity index (χ0v) is 12.3. The smallest absolute Gasteiger partial charge is 0.300 e. The molecule has 0 aromatic carbocycles. The van der Waals surface area contributed by atoms with Crippen molar-refractivity contribution in [2.24, 2.45) is 68.8 Å². The number of nitrogens with two attached hydrogens (primary N) is 12. The molecule has 0 unspecified atom stereocenters. The number of hydrogen-bond acceptors (Lipinski definition) is 13. The van der Waals surface area contributed by atoms with E-state index < -0.39 is 5.97 Å². The van der Waals surface area contributed by atoms with Gasteiger partial charge in [0.1, 0.15) is 34.9 Å². The summed E-state index contributed by atoms with van der Waals surface area (Å²) in [5, 5.41) is 7.42. The Morgan fingerprint density at radius 3 is 0.545 bits per heavy atom. The van der Waals surface area contributed by atoms with Gasteiger partial charge in [0, 0.05) is 6.92 Å². The predicted octanol–water partition coefficient (Wildman–Crippen LogP) is -6.07. The molecule has 0 heterocycles. The van der Waals surface area contributed by atoms with E-state index in [1.54, 1.807) is 0 Å². The average molecular weight is 324 g/mol. The van der Waals surface area contributed by atoms with Crippen molar-refractivity contribution in [2.75, 3.05) is 0 Å². The maximum Gasteiger partial charge on any atom is 0.300 e. The van der Waals surface area contributed by atoms with Crippen LogP contribution in [-0.2, 0) is 4.79 Å². The second-order valence-corrected chi connectivity index (χ2v) is 3.25. The van der Waals surface area contributed by atoms with Gasteiger partial charge < -0.3 is 73.9 Å². The van der Waals surface area contributed by atoms with Gasteiger partial charge in [-0.3, -0.25) is 4.79 Å². The Morgan fingerprint density at radius 2 is 0.545 bits per heavy atom. The monoisotopic (exact) mass is 324 g/mol. The quantitative estimate of drug-likeness (QED) is 0.197. The number of carboxylic acid groups (broad SMARTS) is 1. The summed E-state index contributed by atoms with van der Waals surface area (Å²) in [6.45, 7) is 1.08. The fraction of sp³-hybridized carbons (Fsp3) is 0.125. The van der Waals surface area contributed by atoms with Crippen LogP contribution < -0.4 is 68.8 Å². The predicted molar refractivity (Wildman–Crippen MR) is 84.6 cm³/mol. The molecule has 0 fully saturated rings. The number of hydrogen-bond donors (Lipinski definition) is 13. The second-order valence-electron chi connectivity index (χ2n) is 3.25. The molecule has 0 aliphatic heterocycles. The van der Waals surface area contributed by atoms with Gasteiger partial charge in [0.15, 0.2) is 0 Å². The maximum atomic E-state index is 9.00. The molecule has 0 atom stereocenters. The molecular weight excluding hydrogens is 296 g/mol. The lowest BCUT2D eigenvalue weighted by atomic mass is 10.7. The van der Waals surface area contributed by atoms with Crippen LogP contribution in [0.4, 0.5) is 0 Å². The van der Waals surface area contributed by atoms with Crippen molar-refractivity contribution in [3.63, 3.8) is 0 Å². The van der Waals surface area contributed by atoms with E-state index in [0.717, 1.165) is 6.92 Å².